The van der Waals surface area contributed by atoms with Crippen molar-refractivity contribution in [1.82, 2.24) is 5.32 Å². The summed E-state index contributed by atoms with van der Waals surface area (Å²) in [5.41, 5.74) is 0. The third-order valence-electron chi connectivity index (χ3n) is 3.85. The van der Waals surface area contributed by atoms with Crippen molar-refractivity contribution in [3.8, 4) is 0 Å². The second kappa shape index (κ2) is 7.06. The van der Waals surface area contributed by atoms with Gasteiger partial charge < -0.3 is 5.32 Å². The van der Waals surface area contributed by atoms with Crippen molar-refractivity contribution < 1.29 is 0 Å². The van der Waals surface area contributed by atoms with E-state index in [1.807, 2.05) is 11.3 Å². The Balaban J connectivity index is 1.96. The van der Waals surface area contributed by atoms with Crippen LogP contribution in [0.4, 0.5) is 0 Å². The van der Waals surface area contributed by atoms with Crippen molar-refractivity contribution in [3.63, 3.8) is 0 Å². The molecule has 0 saturated heterocycles. The van der Waals surface area contributed by atoms with Crippen molar-refractivity contribution in [2.24, 2.45) is 11.8 Å². The number of thiophene rings is 1. The van der Waals surface area contributed by atoms with Gasteiger partial charge in [0.05, 0.1) is 0 Å². The highest BCUT2D eigenvalue weighted by molar-refractivity contribution is 9.10. The van der Waals surface area contributed by atoms with E-state index in [1.54, 1.807) is 4.88 Å². The second-order valence-electron chi connectivity index (χ2n) is 5.84. The molecule has 1 aliphatic rings. The summed E-state index contributed by atoms with van der Waals surface area (Å²) < 4.78 is 1.33. The zero-order valence-electron chi connectivity index (χ0n) is 11.4. The lowest BCUT2D eigenvalue weighted by molar-refractivity contribution is 0.294. The van der Waals surface area contributed by atoms with Crippen LogP contribution in [0.1, 0.15) is 50.3 Å². The normalized spacial score (nSPS) is 24.7. The average molecular weight is 330 g/mol. The molecule has 18 heavy (non-hydrogen) atoms. The summed E-state index contributed by atoms with van der Waals surface area (Å²) in [6.45, 7) is 6.89. The molecule has 2 rings (SSSR count). The van der Waals surface area contributed by atoms with Crippen LogP contribution in [0.3, 0.4) is 0 Å². The molecule has 102 valence electrons. The lowest BCUT2D eigenvalue weighted by Crippen LogP contribution is -2.31. The first-order chi connectivity index (χ1) is 8.68. The Labute approximate surface area is 123 Å². The minimum Gasteiger partial charge on any atom is -0.316 e. The Morgan fingerprint density at radius 1 is 1.39 bits per heavy atom. The summed E-state index contributed by atoms with van der Waals surface area (Å²) in [7, 11) is 0. The van der Waals surface area contributed by atoms with Gasteiger partial charge in [-0.25, -0.2) is 0 Å². The molecule has 2 atom stereocenters. The van der Waals surface area contributed by atoms with E-state index in [-0.39, 0.29) is 0 Å². The van der Waals surface area contributed by atoms with Gasteiger partial charge in [-0.1, -0.05) is 26.7 Å². The van der Waals surface area contributed by atoms with E-state index in [0.717, 1.165) is 24.3 Å². The van der Waals surface area contributed by atoms with Crippen LogP contribution in [0.25, 0.3) is 0 Å². The number of nitrogens with one attached hydrogen (secondary N) is 1. The van der Waals surface area contributed by atoms with Crippen molar-refractivity contribution in [1.29, 1.82) is 0 Å². The largest absolute Gasteiger partial charge is 0.316 e. The van der Waals surface area contributed by atoms with E-state index < -0.39 is 0 Å². The van der Waals surface area contributed by atoms with Crippen molar-refractivity contribution in [3.05, 3.63) is 20.8 Å². The maximum atomic E-state index is 3.71. The highest BCUT2D eigenvalue weighted by Crippen LogP contribution is 2.42. The van der Waals surface area contributed by atoms with Gasteiger partial charge in [-0.3, -0.25) is 0 Å². The van der Waals surface area contributed by atoms with Gasteiger partial charge in [-0.15, -0.1) is 11.3 Å². The molecular weight excluding hydrogens is 306 g/mol. The van der Waals surface area contributed by atoms with Crippen LogP contribution in [0.2, 0.25) is 0 Å². The summed E-state index contributed by atoms with van der Waals surface area (Å²) in [5.74, 6) is 2.35. The predicted octanol–water partition coefficient (Wildman–Crippen LogP) is 5.03. The molecule has 1 heterocycles. The number of hydrogen-bond donors (Lipinski definition) is 1. The SMILES string of the molecule is CC(C)CNCC1CCCCC1c1sccc1Br. The highest BCUT2D eigenvalue weighted by Gasteiger charge is 2.28. The molecule has 0 bridgehead atoms. The van der Waals surface area contributed by atoms with Crippen LogP contribution in [0.5, 0.6) is 0 Å². The van der Waals surface area contributed by atoms with Gasteiger partial charge in [0, 0.05) is 9.35 Å². The molecule has 0 aliphatic heterocycles. The lowest BCUT2D eigenvalue weighted by Gasteiger charge is -2.31. The molecule has 3 heteroatoms. The van der Waals surface area contributed by atoms with Gasteiger partial charge in [-0.2, -0.15) is 0 Å². The molecule has 1 aliphatic carbocycles. The highest BCUT2D eigenvalue weighted by atomic mass is 79.9. The van der Waals surface area contributed by atoms with E-state index in [0.29, 0.717) is 0 Å². The monoisotopic (exact) mass is 329 g/mol. The van der Waals surface area contributed by atoms with Gasteiger partial charge in [-0.05, 0) is 71.1 Å². The van der Waals surface area contributed by atoms with Gasteiger partial charge in [0.1, 0.15) is 0 Å². The van der Waals surface area contributed by atoms with Crippen molar-refractivity contribution >= 4 is 27.3 Å². The van der Waals surface area contributed by atoms with Gasteiger partial charge in [0.15, 0.2) is 0 Å². The summed E-state index contributed by atoms with van der Waals surface area (Å²) >= 11 is 5.64. The standard InChI is InChI=1S/C15H24BrNS/c1-11(2)9-17-10-12-5-3-4-6-13(12)15-14(16)7-8-18-15/h7-8,11-13,17H,3-6,9-10H2,1-2H3. The second-order valence-corrected chi connectivity index (χ2v) is 7.64. The quantitative estimate of drug-likeness (QED) is 0.798. The number of hydrogen-bond acceptors (Lipinski definition) is 2. The summed E-state index contributed by atoms with van der Waals surface area (Å²) in [5, 5.41) is 5.87. The Kier molecular flexibility index (Phi) is 5.71. The first-order valence-corrected chi connectivity index (χ1v) is 8.79. The maximum absolute atomic E-state index is 3.71. The van der Waals surface area contributed by atoms with Crippen LogP contribution in [0.15, 0.2) is 15.9 Å². The van der Waals surface area contributed by atoms with E-state index in [1.165, 1.54) is 36.7 Å². The van der Waals surface area contributed by atoms with Crippen LogP contribution < -0.4 is 5.32 Å². The molecule has 1 aromatic heterocycles. The minimum absolute atomic E-state index is 0.750. The first-order valence-electron chi connectivity index (χ1n) is 7.12. The summed E-state index contributed by atoms with van der Waals surface area (Å²) in [6, 6.07) is 2.20. The fourth-order valence-corrected chi connectivity index (χ4v) is 4.82. The van der Waals surface area contributed by atoms with E-state index in [9.17, 15) is 0 Å². The third-order valence-corrected chi connectivity index (χ3v) is 5.85. The van der Waals surface area contributed by atoms with E-state index >= 15 is 0 Å². The van der Waals surface area contributed by atoms with Crippen molar-refractivity contribution in [2.45, 2.75) is 45.4 Å². The molecule has 0 aromatic carbocycles. The zero-order chi connectivity index (χ0) is 13.0. The summed E-state index contributed by atoms with van der Waals surface area (Å²) in [4.78, 5) is 1.58. The first kappa shape index (κ1) is 14.5. The third kappa shape index (κ3) is 3.82. The average Bonchev–Trinajstić information content (AvgIpc) is 2.76. The van der Waals surface area contributed by atoms with Gasteiger partial charge >= 0.3 is 0 Å². The topological polar surface area (TPSA) is 12.0 Å². The molecule has 1 N–H and O–H groups in total. The molecule has 1 saturated carbocycles. The molecule has 0 spiro atoms. The fourth-order valence-electron chi connectivity index (χ4n) is 2.92. The zero-order valence-corrected chi connectivity index (χ0v) is 13.8. The van der Waals surface area contributed by atoms with Gasteiger partial charge in [0.2, 0.25) is 0 Å². The Bertz CT molecular complexity index is 361. The smallest absolute Gasteiger partial charge is 0.0317 e. The Morgan fingerprint density at radius 3 is 2.83 bits per heavy atom. The minimum atomic E-state index is 0.750. The van der Waals surface area contributed by atoms with E-state index in [4.69, 9.17) is 0 Å². The number of halogens is 1. The maximum Gasteiger partial charge on any atom is 0.0317 e. The Morgan fingerprint density at radius 2 is 2.17 bits per heavy atom. The lowest BCUT2D eigenvalue weighted by atomic mass is 9.78. The van der Waals surface area contributed by atoms with Crippen LogP contribution in [0, 0.1) is 11.8 Å². The van der Waals surface area contributed by atoms with Crippen molar-refractivity contribution in [2.75, 3.05) is 13.1 Å². The number of rotatable bonds is 5. The molecule has 1 fully saturated rings. The fraction of sp³-hybridized carbons (Fsp3) is 0.733. The molecular formula is C15H24BrNS. The van der Waals surface area contributed by atoms with E-state index in [2.05, 4.69) is 46.5 Å². The Hall–Kier alpha value is 0.140. The van der Waals surface area contributed by atoms with Crippen LogP contribution in [-0.4, -0.2) is 13.1 Å². The molecule has 0 radical (unpaired) electrons. The summed E-state index contributed by atoms with van der Waals surface area (Å²) in [6.07, 6.45) is 5.57. The molecule has 0 amide bonds. The molecule has 2 unspecified atom stereocenters. The van der Waals surface area contributed by atoms with Gasteiger partial charge in [0.25, 0.3) is 0 Å². The van der Waals surface area contributed by atoms with Crippen LogP contribution >= 0.6 is 27.3 Å². The predicted molar refractivity (Wildman–Crippen MR) is 84.4 cm³/mol. The molecule has 1 aromatic rings. The molecule has 1 nitrogen and oxygen atoms in total. The van der Waals surface area contributed by atoms with Crippen LogP contribution in [-0.2, 0) is 0 Å².